The smallest absolute Gasteiger partial charge is 0.270 e. The number of hydroxylamine groups is 1. The van der Waals surface area contributed by atoms with Crippen molar-refractivity contribution in [2.75, 3.05) is 31.1 Å². The second-order valence-electron chi connectivity index (χ2n) is 7.44. The van der Waals surface area contributed by atoms with Gasteiger partial charge in [0.05, 0.1) is 0 Å². The predicted octanol–water partition coefficient (Wildman–Crippen LogP) is 2.19. The van der Waals surface area contributed by atoms with Crippen LogP contribution in [-0.4, -0.2) is 48.1 Å². The van der Waals surface area contributed by atoms with Crippen LogP contribution < -0.4 is 10.4 Å². The van der Waals surface area contributed by atoms with E-state index in [1.165, 1.54) is 16.7 Å². The largest absolute Gasteiger partial charge is 0.312 e. The number of carbonyl (C=O) groups is 2. The number of rotatable bonds is 4. The summed E-state index contributed by atoms with van der Waals surface area (Å²) in [6, 6.07) is 8.15. The lowest BCUT2D eigenvalue weighted by Gasteiger charge is -2.32. The number of hydrogen-bond acceptors (Lipinski definition) is 4. The molecule has 0 radical (unpaired) electrons. The molecule has 4 rings (SSSR count). The van der Waals surface area contributed by atoms with E-state index in [1.807, 2.05) is 29.2 Å². The van der Waals surface area contributed by atoms with E-state index in [1.54, 1.807) is 5.48 Å². The first-order chi connectivity index (χ1) is 13.2. The molecule has 0 bridgehead atoms. The lowest BCUT2D eigenvalue weighted by Crippen LogP contribution is -2.37. The summed E-state index contributed by atoms with van der Waals surface area (Å²) in [5.74, 6) is -0.203. The zero-order valence-electron chi connectivity index (χ0n) is 15.4. The molecule has 0 atom stereocenters. The fraction of sp³-hybridized carbons (Fsp3) is 0.429. The molecule has 0 saturated heterocycles. The molecule has 142 valence electrons. The van der Waals surface area contributed by atoms with Crippen LogP contribution in [0.5, 0.6) is 0 Å². The van der Waals surface area contributed by atoms with Gasteiger partial charge in [-0.2, -0.15) is 0 Å². The zero-order chi connectivity index (χ0) is 18.8. The number of hydrogen-bond donors (Lipinski definition) is 2. The Hall–Kier alpha value is -2.44. The van der Waals surface area contributed by atoms with Crippen molar-refractivity contribution in [1.29, 1.82) is 0 Å². The number of fused-ring (bicyclic) bond motifs is 1. The molecule has 1 aromatic carbocycles. The molecular formula is C21H25N3O3. The summed E-state index contributed by atoms with van der Waals surface area (Å²) in [5, 5.41) is 8.80. The second kappa shape index (κ2) is 7.66. The lowest BCUT2D eigenvalue weighted by atomic mass is 9.87. The average molecular weight is 367 g/mol. The minimum Gasteiger partial charge on any atom is -0.312 e. The van der Waals surface area contributed by atoms with E-state index in [4.69, 9.17) is 5.21 Å². The highest BCUT2D eigenvalue weighted by atomic mass is 16.5. The number of benzene rings is 1. The van der Waals surface area contributed by atoms with E-state index in [2.05, 4.69) is 11.0 Å². The number of nitrogens with one attached hydrogen (secondary N) is 1. The second-order valence-corrected chi connectivity index (χ2v) is 7.44. The van der Waals surface area contributed by atoms with Gasteiger partial charge in [-0.3, -0.25) is 19.7 Å². The van der Waals surface area contributed by atoms with E-state index < -0.39 is 5.91 Å². The quantitative estimate of drug-likeness (QED) is 0.632. The summed E-state index contributed by atoms with van der Waals surface area (Å²) < 4.78 is 0. The van der Waals surface area contributed by atoms with Gasteiger partial charge in [0, 0.05) is 43.9 Å². The predicted molar refractivity (Wildman–Crippen MR) is 102 cm³/mol. The Bertz CT molecular complexity index is 828. The van der Waals surface area contributed by atoms with E-state index >= 15 is 0 Å². The van der Waals surface area contributed by atoms with Crippen LogP contribution in [0, 0.1) is 0 Å². The Labute approximate surface area is 159 Å². The third kappa shape index (κ3) is 3.68. The van der Waals surface area contributed by atoms with Crippen LogP contribution in [0.3, 0.4) is 0 Å². The monoisotopic (exact) mass is 367 g/mol. The van der Waals surface area contributed by atoms with Gasteiger partial charge in [-0.05, 0) is 42.9 Å². The molecule has 0 saturated carbocycles. The molecule has 6 nitrogen and oxygen atoms in total. The maximum Gasteiger partial charge on any atom is 0.270 e. The van der Waals surface area contributed by atoms with Gasteiger partial charge in [0.1, 0.15) is 0 Å². The van der Waals surface area contributed by atoms with Crippen LogP contribution in [0.2, 0.25) is 0 Å². The van der Waals surface area contributed by atoms with Crippen molar-refractivity contribution in [2.24, 2.45) is 0 Å². The van der Waals surface area contributed by atoms with Crippen LogP contribution in [0.4, 0.5) is 5.69 Å². The fourth-order valence-corrected chi connectivity index (χ4v) is 4.32. The van der Waals surface area contributed by atoms with Gasteiger partial charge < -0.3 is 4.90 Å². The molecule has 1 aromatic rings. The summed E-state index contributed by atoms with van der Waals surface area (Å²) in [7, 11) is 0. The lowest BCUT2D eigenvalue weighted by molar-refractivity contribution is -0.125. The highest BCUT2D eigenvalue weighted by Gasteiger charge is 2.26. The molecule has 3 aliphatic rings. The Morgan fingerprint density at radius 3 is 2.78 bits per heavy atom. The summed E-state index contributed by atoms with van der Waals surface area (Å²) >= 11 is 0. The fourth-order valence-electron chi connectivity index (χ4n) is 4.32. The van der Waals surface area contributed by atoms with Crippen molar-refractivity contribution in [1.82, 2.24) is 10.4 Å². The molecule has 2 heterocycles. The van der Waals surface area contributed by atoms with Crippen LogP contribution in [-0.2, 0) is 16.0 Å². The van der Waals surface area contributed by atoms with E-state index in [0.717, 1.165) is 51.1 Å². The first-order valence-electron chi connectivity index (χ1n) is 9.62. The van der Waals surface area contributed by atoms with Crippen molar-refractivity contribution >= 4 is 17.5 Å². The molecular weight excluding hydrogens is 342 g/mol. The molecule has 2 amide bonds. The third-order valence-corrected chi connectivity index (χ3v) is 5.83. The summed E-state index contributed by atoms with van der Waals surface area (Å²) in [6.45, 7) is 3.31. The number of allylic oxidation sites excluding steroid dienone is 1. The van der Waals surface area contributed by atoms with E-state index in [-0.39, 0.29) is 5.91 Å². The minimum absolute atomic E-state index is 0.199. The molecule has 0 unspecified atom stereocenters. The van der Waals surface area contributed by atoms with Crippen molar-refractivity contribution in [3.05, 3.63) is 52.6 Å². The summed E-state index contributed by atoms with van der Waals surface area (Å²) in [6.07, 6.45) is 5.79. The van der Waals surface area contributed by atoms with Crippen molar-refractivity contribution < 1.29 is 14.8 Å². The van der Waals surface area contributed by atoms with Gasteiger partial charge in [-0.25, -0.2) is 5.48 Å². The third-order valence-electron chi connectivity index (χ3n) is 5.83. The van der Waals surface area contributed by atoms with Gasteiger partial charge in [-0.1, -0.05) is 29.8 Å². The number of carbonyl (C=O) groups excluding carboxylic acids is 2. The number of para-hydroxylation sites is 1. The Morgan fingerprint density at radius 1 is 1.07 bits per heavy atom. The van der Waals surface area contributed by atoms with E-state index in [9.17, 15) is 9.59 Å². The SMILES string of the molecule is O=C(NO)C1=CC2=C(CC1)CN(CCC(=O)N1CCc3ccccc31)CC2. The molecule has 0 spiro atoms. The molecule has 0 aromatic heterocycles. The van der Waals surface area contributed by atoms with Crippen LogP contribution >= 0.6 is 0 Å². The molecule has 2 aliphatic heterocycles. The molecule has 0 fully saturated rings. The molecule has 27 heavy (non-hydrogen) atoms. The highest BCUT2D eigenvalue weighted by Crippen LogP contribution is 2.31. The standard InChI is InChI=1S/C21H25N3O3/c25-20(24-12-8-15-3-1-2-4-19(15)24)9-11-23-10-7-16-13-17(21(26)22-27)5-6-18(16)14-23/h1-4,13,27H,5-12,14H2,(H,22,26). The van der Waals surface area contributed by atoms with Crippen molar-refractivity contribution in [3.63, 3.8) is 0 Å². The number of anilines is 1. The van der Waals surface area contributed by atoms with Crippen LogP contribution in [0.1, 0.15) is 31.2 Å². The van der Waals surface area contributed by atoms with Gasteiger partial charge in [0.15, 0.2) is 0 Å². The topological polar surface area (TPSA) is 72.9 Å². The first-order valence-corrected chi connectivity index (χ1v) is 9.62. The van der Waals surface area contributed by atoms with Gasteiger partial charge in [0.2, 0.25) is 5.91 Å². The maximum atomic E-state index is 12.7. The maximum absolute atomic E-state index is 12.7. The highest BCUT2D eigenvalue weighted by molar-refractivity contribution is 5.95. The Kier molecular flexibility index (Phi) is 5.09. The summed E-state index contributed by atoms with van der Waals surface area (Å²) in [5.41, 5.74) is 7.27. The van der Waals surface area contributed by atoms with Gasteiger partial charge >= 0.3 is 0 Å². The molecule has 2 N–H and O–H groups in total. The van der Waals surface area contributed by atoms with Crippen LogP contribution in [0.25, 0.3) is 0 Å². The van der Waals surface area contributed by atoms with Crippen molar-refractivity contribution in [3.8, 4) is 0 Å². The number of nitrogens with zero attached hydrogens (tertiary/aromatic N) is 2. The van der Waals surface area contributed by atoms with E-state index in [0.29, 0.717) is 18.4 Å². The van der Waals surface area contributed by atoms with Crippen molar-refractivity contribution in [2.45, 2.75) is 32.1 Å². The minimum atomic E-state index is -0.402. The van der Waals surface area contributed by atoms with Gasteiger partial charge in [-0.15, -0.1) is 0 Å². The number of amides is 2. The molecule has 6 heteroatoms. The normalized spacial score (nSPS) is 19.4. The Balaban J connectivity index is 1.34. The zero-order valence-corrected chi connectivity index (χ0v) is 15.4. The summed E-state index contributed by atoms with van der Waals surface area (Å²) in [4.78, 5) is 28.5. The Morgan fingerprint density at radius 2 is 1.93 bits per heavy atom. The average Bonchev–Trinajstić information content (AvgIpc) is 3.15. The van der Waals surface area contributed by atoms with Gasteiger partial charge in [0.25, 0.3) is 5.91 Å². The van der Waals surface area contributed by atoms with Crippen LogP contribution in [0.15, 0.2) is 47.1 Å². The molecule has 1 aliphatic carbocycles. The first kappa shape index (κ1) is 17.9.